The standard InChI is InChI=1S/C12H10ClN3O2/c1-7-5-8(6-14-11(7)13)15-12(18)9-3-2-4-10(17)16-9/h2-6H,1H3,(H,15,18)(H,16,17). The maximum absolute atomic E-state index is 11.8. The predicted octanol–water partition coefficient (Wildman–Crippen LogP) is 1.98. The molecule has 18 heavy (non-hydrogen) atoms. The number of anilines is 1. The Morgan fingerprint density at radius 3 is 2.89 bits per heavy atom. The summed E-state index contributed by atoms with van der Waals surface area (Å²) in [6.07, 6.45) is 1.45. The van der Waals surface area contributed by atoms with E-state index >= 15 is 0 Å². The summed E-state index contributed by atoms with van der Waals surface area (Å²) in [6, 6.07) is 6.07. The average Bonchev–Trinajstić information content (AvgIpc) is 2.34. The molecule has 5 nitrogen and oxygen atoms in total. The lowest BCUT2D eigenvalue weighted by Crippen LogP contribution is -2.18. The van der Waals surface area contributed by atoms with Crippen molar-refractivity contribution >= 4 is 23.2 Å². The summed E-state index contributed by atoms with van der Waals surface area (Å²) >= 11 is 5.78. The third kappa shape index (κ3) is 2.75. The topological polar surface area (TPSA) is 74.8 Å². The first-order valence-electron chi connectivity index (χ1n) is 5.19. The van der Waals surface area contributed by atoms with Gasteiger partial charge < -0.3 is 10.3 Å². The van der Waals surface area contributed by atoms with E-state index < -0.39 is 5.91 Å². The van der Waals surface area contributed by atoms with E-state index in [-0.39, 0.29) is 11.3 Å². The number of hydrogen-bond acceptors (Lipinski definition) is 3. The number of aromatic nitrogens is 2. The smallest absolute Gasteiger partial charge is 0.272 e. The number of H-pyrrole nitrogens is 1. The first kappa shape index (κ1) is 12.3. The fourth-order valence-electron chi connectivity index (χ4n) is 1.41. The van der Waals surface area contributed by atoms with Crippen LogP contribution >= 0.6 is 11.6 Å². The van der Waals surface area contributed by atoms with Gasteiger partial charge in [-0.05, 0) is 24.6 Å². The zero-order valence-electron chi connectivity index (χ0n) is 9.53. The second-order valence-electron chi connectivity index (χ2n) is 3.71. The Morgan fingerprint density at radius 2 is 2.22 bits per heavy atom. The van der Waals surface area contributed by atoms with Crippen LogP contribution in [0.15, 0.2) is 35.3 Å². The molecule has 0 aromatic carbocycles. The van der Waals surface area contributed by atoms with Crippen LogP contribution in [0.2, 0.25) is 5.15 Å². The molecule has 0 fully saturated rings. The van der Waals surface area contributed by atoms with E-state index in [9.17, 15) is 9.59 Å². The van der Waals surface area contributed by atoms with Crippen molar-refractivity contribution in [2.24, 2.45) is 0 Å². The molecule has 2 rings (SSSR count). The summed E-state index contributed by atoms with van der Waals surface area (Å²) in [5, 5.41) is 3.01. The summed E-state index contributed by atoms with van der Waals surface area (Å²) in [5.74, 6) is -0.406. The number of nitrogens with zero attached hydrogens (tertiary/aromatic N) is 1. The molecule has 6 heteroatoms. The number of pyridine rings is 2. The number of hydrogen-bond donors (Lipinski definition) is 2. The first-order chi connectivity index (χ1) is 8.56. The van der Waals surface area contributed by atoms with Gasteiger partial charge in [0.1, 0.15) is 10.8 Å². The molecule has 0 saturated heterocycles. The van der Waals surface area contributed by atoms with Crippen LogP contribution < -0.4 is 10.9 Å². The molecule has 2 heterocycles. The lowest BCUT2D eigenvalue weighted by molar-refractivity contribution is 0.102. The summed E-state index contributed by atoms with van der Waals surface area (Å²) < 4.78 is 0. The first-order valence-corrected chi connectivity index (χ1v) is 5.57. The van der Waals surface area contributed by atoms with Crippen molar-refractivity contribution in [2.75, 3.05) is 5.32 Å². The van der Waals surface area contributed by atoms with Crippen LogP contribution in [-0.2, 0) is 0 Å². The van der Waals surface area contributed by atoms with Crippen molar-refractivity contribution < 1.29 is 4.79 Å². The number of aryl methyl sites for hydroxylation is 1. The molecule has 0 spiro atoms. The SMILES string of the molecule is Cc1cc(NC(=O)c2cccc(=O)[nH]2)cnc1Cl. The summed E-state index contributed by atoms with van der Waals surface area (Å²) in [6.45, 7) is 1.79. The highest BCUT2D eigenvalue weighted by Crippen LogP contribution is 2.16. The molecule has 0 aliphatic heterocycles. The molecule has 92 valence electrons. The normalized spacial score (nSPS) is 10.1. The Labute approximate surface area is 108 Å². The van der Waals surface area contributed by atoms with E-state index in [1.807, 2.05) is 0 Å². The largest absolute Gasteiger partial charge is 0.319 e. The number of halogens is 1. The molecular weight excluding hydrogens is 254 g/mol. The minimum absolute atomic E-state index is 0.190. The third-order valence-corrected chi connectivity index (χ3v) is 2.68. The number of nitrogens with one attached hydrogen (secondary N) is 2. The average molecular weight is 264 g/mol. The fourth-order valence-corrected chi connectivity index (χ4v) is 1.51. The quantitative estimate of drug-likeness (QED) is 0.814. The van der Waals surface area contributed by atoms with Gasteiger partial charge in [0.05, 0.1) is 11.9 Å². The van der Waals surface area contributed by atoms with E-state index in [0.29, 0.717) is 10.8 Å². The summed E-state index contributed by atoms with van der Waals surface area (Å²) in [4.78, 5) is 29.3. The molecule has 1 amide bonds. The molecule has 0 aliphatic rings. The fraction of sp³-hybridized carbons (Fsp3) is 0.0833. The maximum atomic E-state index is 11.8. The van der Waals surface area contributed by atoms with Gasteiger partial charge >= 0.3 is 0 Å². The zero-order valence-corrected chi connectivity index (χ0v) is 10.3. The number of aromatic amines is 1. The second kappa shape index (κ2) is 5.01. The van der Waals surface area contributed by atoms with Crippen LogP contribution in [0.3, 0.4) is 0 Å². The van der Waals surface area contributed by atoms with Crippen LogP contribution in [0, 0.1) is 6.92 Å². The number of rotatable bonds is 2. The molecule has 2 aromatic heterocycles. The van der Waals surface area contributed by atoms with Gasteiger partial charge in [-0.15, -0.1) is 0 Å². The maximum Gasteiger partial charge on any atom is 0.272 e. The highest BCUT2D eigenvalue weighted by atomic mass is 35.5. The third-order valence-electron chi connectivity index (χ3n) is 2.29. The van der Waals surface area contributed by atoms with Crippen molar-refractivity contribution in [3.63, 3.8) is 0 Å². The van der Waals surface area contributed by atoms with E-state index in [0.717, 1.165) is 5.56 Å². The minimum atomic E-state index is -0.406. The van der Waals surface area contributed by atoms with Gasteiger partial charge in [-0.3, -0.25) is 9.59 Å². The molecule has 0 unspecified atom stereocenters. The van der Waals surface area contributed by atoms with Gasteiger partial charge in [0, 0.05) is 6.07 Å². The summed E-state index contributed by atoms with van der Waals surface area (Å²) in [5.41, 5.74) is 1.14. The molecule has 0 bridgehead atoms. The molecular formula is C12H10ClN3O2. The molecule has 0 aliphatic carbocycles. The van der Waals surface area contributed by atoms with E-state index in [2.05, 4.69) is 15.3 Å². The van der Waals surface area contributed by atoms with E-state index in [1.165, 1.54) is 24.4 Å². The Bertz CT molecular complexity index is 652. The Hall–Kier alpha value is -2.14. The summed E-state index contributed by atoms with van der Waals surface area (Å²) in [7, 11) is 0. The van der Waals surface area contributed by atoms with Crippen LogP contribution in [0.1, 0.15) is 16.1 Å². The zero-order chi connectivity index (χ0) is 13.1. The Balaban J connectivity index is 2.21. The van der Waals surface area contributed by atoms with Crippen molar-refractivity contribution in [1.82, 2.24) is 9.97 Å². The minimum Gasteiger partial charge on any atom is -0.319 e. The highest BCUT2D eigenvalue weighted by Gasteiger charge is 2.07. The Morgan fingerprint density at radius 1 is 1.44 bits per heavy atom. The van der Waals surface area contributed by atoms with Crippen molar-refractivity contribution in [3.05, 3.63) is 57.2 Å². The van der Waals surface area contributed by atoms with Gasteiger partial charge in [0.25, 0.3) is 5.91 Å². The van der Waals surface area contributed by atoms with Crippen LogP contribution in [0.5, 0.6) is 0 Å². The molecule has 2 N–H and O–H groups in total. The van der Waals surface area contributed by atoms with Crippen molar-refractivity contribution in [2.45, 2.75) is 6.92 Å². The number of amides is 1. The highest BCUT2D eigenvalue weighted by molar-refractivity contribution is 6.30. The second-order valence-corrected chi connectivity index (χ2v) is 4.07. The molecule has 0 atom stereocenters. The van der Waals surface area contributed by atoms with Gasteiger partial charge in [-0.2, -0.15) is 0 Å². The van der Waals surface area contributed by atoms with Gasteiger partial charge in [0.15, 0.2) is 0 Å². The van der Waals surface area contributed by atoms with Gasteiger partial charge in [-0.1, -0.05) is 17.7 Å². The lowest BCUT2D eigenvalue weighted by atomic mass is 10.3. The van der Waals surface area contributed by atoms with Crippen LogP contribution in [0.4, 0.5) is 5.69 Å². The van der Waals surface area contributed by atoms with Crippen molar-refractivity contribution in [1.29, 1.82) is 0 Å². The van der Waals surface area contributed by atoms with E-state index in [1.54, 1.807) is 13.0 Å². The van der Waals surface area contributed by atoms with Crippen LogP contribution in [-0.4, -0.2) is 15.9 Å². The van der Waals surface area contributed by atoms with Gasteiger partial charge in [-0.25, -0.2) is 4.98 Å². The van der Waals surface area contributed by atoms with Gasteiger partial charge in [0.2, 0.25) is 5.56 Å². The number of carbonyl (C=O) groups is 1. The van der Waals surface area contributed by atoms with E-state index in [4.69, 9.17) is 11.6 Å². The number of carbonyl (C=O) groups excluding carboxylic acids is 1. The molecule has 2 aromatic rings. The lowest BCUT2D eigenvalue weighted by Gasteiger charge is -2.06. The molecule has 0 saturated carbocycles. The predicted molar refractivity (Wildman–Crippen MR) is 69.0 cm³/mol. The Kier molecular flexibility index (Phi) is 3.43. The monoisotopic (exact) mass is 263 g/mol. The van der Waals surface area contributed by atoms with Crippen molar-refractivity contribution in [3.8, 4) is 0 Å². The van der Waals surface area contributed by atoms with Crippen LogP contribution in [0.25, 0.3) is 0 Å². The molecule has 0 radical (unpaired) electrons.